The van der Waals surface area contributed by atoms with E-state index in [0.29, 0.717) is 5.92 Å². The minimum atomic E-state index is -0.213. The summed E-state index contributed by atoms with van der Waals surface area (Å²) in [5.74, 6) is 0.554. The molecule has 0 saturated carbocycles. The first-order valence-electron chi connectivity index (χ1n) is 6.56. The Morgan fingerprint density at radius 1 is 1.06 bits per heavy atom. The standard InChI is InChI=1S/C16H26O/c1-12(2)10-15(17)11-13-6-8-14(9-7-13)16(3,4)5/h6-9,12,15,17H,10-11H2,1-5H3/t15-/m1/s1. The molecule has 0 radical (unpaired) electrons. The van der Waals surface area contributed by atoms with E-state index in [-0.39, 0.29) is 11.5 Å². The van der Waals surface area contributed by atoms with Gasteiger partial charge in [-0.05, 0) is 35.3 Å². The van der Waals surface area contributed by atoms with Crippen LogP contribution in [0.25, 0.3) is 0 Å². The van der Waals surface area contributed by atoms with E-state index in [4.69, 9.17) is 0 Å². The normalized spacial score (nSPS) is 14.1. The smallest absolute Gasteiger partial charge is 0.0583 e. The Balaban J connectivity index is 2.63. The van der Waals surface area contributed by atoms with Crippen LogP contribution in [0.15, 0.2) is 24.3 Å². The summed E-state index contributed by atoms with van der Waals surface area (Å²) >= 11 is 0. The Morgan fingerprint density at radius 2 is 1.59 bits per heavy atom. The maximum absolute atomic E-state index is 9.90. The molecule has 0 saturated heterocycles. The van der Waals surface area contributed by atoms with Crippen molar-refractivity contribution in [2.24, 2.45) is 5.92 Å². The predicted octanol–water partition coefficient (Wildman–Crippen LogP) is 3.93. The van der Waals surface area contributed by atoms with Gasteiger partial charge in [-0.15, -0.1) is 0 Å². The van der Waals surface area contributed by atoms with Crippen molar-refractivity contribution < 1.29 is 5.11 Å². The van der Waals surface area contributed by atoms with Gasteiger partial charge in [0.15, 0.2) is 0 Å². The van der Waals surface area contributed by atoms with Gasteiger partial charge in [0.1, 0.15) is 0 Å². The minimum absolute atomic E-state index is 0.203. The summed E-state index contributed by atoms with van der Waals surface area (Å²) in [6.45, 7) is 10.9. The van der Waals surface area contributed by atoms with Gasteiger partial charge >= 0.3 is 0 Å². The molecule has 1 aromatic rings. The quantitative estimate of drug-likeness (QED) is 0.837. The molecular weight excluding hydrogens is 208 g/mol. The molecule has 1 rings (SSSR count). The molecular formula is C16H26O. The molecule has 17 heavy (non-hydrogen) atoms. The molecule has 0 aliphatic heterocycles. The summed E-state index contributed by atoms with van der Waals surface area (Å²) in [6.07, 6.45) is 1.43. The maximum atomic E-state index is 9.90. The molecule has 1 nitrogen and oxygen atoms in total. The van der Waals surface area contributed by atoms with Gasteiger partial charge in [-0.1, -0.05) is 58.9 Å². The van der Waals surface area contributed by atoms with Crippen LogP contribution in [0.5, 0.6) is 0 Å². The zero-order valence-electron chi connectivity index (χ0n) is 11.8. The number of benzene rings is 1. The lowest BCUT2D eigenvalue weighted by Crippen LogP contribution is -2.14. The topological polar surface area (TPSA) is 20.2 Å². The van der Waals surface area contributed by atoms with Gasteiger partial charge in [-0.2, -0.15) is 0 Å². The fourth-order valence-electron chi connectivity index (χ4n) is 2.04. The van der Waals surface area contributed by atoms with Crippen molar-refractivity contribution in [2.45, 2.75) is 59.0 Å². The largest absolute Gasteiger partial charge is 0.393 e. The van der Waals surface area contributed by atoms with Crippen LogP contribution in [0, 0.1) is 5.92 Å². The zero-order chi connectivity index (χ0) is 13.1. The lowest BCUT2D eigenvalue weighted by atomic mass is 9.86. The molecule has 1 N–H and O–H groups in total. The van der Waals surface area contributed by atoms with Gasteiger partial charge in [-0.25, -0.2) is 0 Å². The molecule has 0 aromatic heterocycles. The third-order valence-corrected chi connectivity index (χ3v) is 3.03. The molecule has 1 heteroatoms. The lowest BCUT2D eigenvalue weighted by molar-refractivity contribution is 0.149. The van der Waals surface area contributed by atoms with Crippen LogP contribution in [-0.4, -0.2) is 11.2 Å². The second kappa shape index (κ2) is 5.68. The predicted molar refractivity (Wildman–Crippen MR) is 74.3 cm³/mol. The monoisotopic (exact) mass is 234 g/mol. The summed E-state index contributed by atoms with van der Waals surface area (Å²) in [5, 5.41) is 9.90. The van der Waals surface area contributed by atoms with Crippen LogP contribution in [0.2, 0.25) is 0 Å². The van der Waals surface area contributed by atoms with E-state index in [0.717, 1.165) is 12.8 Å². The van der Waals surface area contributed by atoms with E-state index in [9.17, 15) is 5.11 Å². The number of rotatable bonds is 4. The number of hydrogen-bond donors (Lipinski definition) is 1. The van der Waals surface area contributed by atoms with Crippen LogP contribution in [0.3, 0.4) is 0 Å². The van der Waals surface area contributed by atoms with Crippen molar-refractivity contribution in [3.63, 3.8) is 0 Å². The highest BCUT2D eigenvalue weighted by Gasteiger charge is 2.13. The molecule has 96 valence electrons. The summed E-state index contributed by atoms with van der Waals surface area (Å²) in [5.41, 5.74) is 2.78. The lowest BCUT2D eigenvalue weighted by Gasteiger charge is -2.19. The zero-order valence-corrected chi connectivity index (χ0v) is 11.8. The Labute approximate surface area is 106 Å². The van der Waals surface area contributed by atoms with Crippen molar-refractivity contribution in [3.05, 3.63) is 35.4 Å². The van der Waals surface area contributed by atoms with E-state index < -0.39 is 0 Å². The van der Waals surface area contributed by atoms with E-state index in [1.807, 2.05) is 0 Å². The average Bonchev–Trinajstić information content (AvgIpc) is 2.15. The highest BCUT2D eigenvalue weighted by molar-refractivity contribution is 5.27. The number of aliphatic hydroxyl groups is 1. The van der Waals surface area contributed by atoms with E-state index >= 15 is 0 Å². The molecule has 0 amide bonds. The molecule has 0 spiro atoms. The van der Waals surface area contributed by atoms with Gasteiger partial charge in [0, 0.05) is 0 Å². The van der Waals surface area contributed by atoms with Crippen LogP contribution in [-0.2, 0) is 11.8 Å². The molecule has 0 bridgehead atoms. The molecule has 1 atom stereocenters. The summed E-state index contributed by atoms with van der Waals surface area (Å²) < 4.78 is 0. The second-order valence-corrected chi connectivity index (χ2v) is 6.43. The van der Waals surface area contributed by atoms with Gasteiger partial charge in [0.05, 0.1) is 6.10 Å². The third-order valence-electron chi connectivity index (χ3n) is 3.03. The average molecular weight is 234 g/mol. The first-order chi connectivity index (χ1) is 7.79. The highest BCUT2D eigenvalue weighted by atomic mass is 16.3. The Kier molecular flexibility index (Phi) is 4.76. The van der Waals surface area contributed by atoms with Crippen molar-refractivity contribution >= 4 is 0 Å². The molecule has 1 aromatic carbocycles. The van der Waals surface area contributed by atoms with Crippen LogP contribution >= 0.6 is 0 Å². The molecule has 0 aliphatic rings. The van der Waals surface area contributed by atoms with Crippen molar-refractivity contribution in [1.82, 2.24) is 0 Å². The van der Waals surface area contributed by atoms with Crippen molar-refractivity contribution in [1.29, 1.82) is 0 Å². The fourth-order valence-corrected chi connectivity index (χ4v) is 2.04. The van der Waals surface area contributed by atoms with E-state index in [1.54, 1.807) is 0 Å². The molecule has 0 aliphatic carbocycles. The van der Waals surface area contributed by atoms with Gasteiger partial charge in [0.25, 0.3) is 0 Å². The fraction of sp³-hybridized carbons (Fsp3) is 0.625. The Bertz CT molecular complexity index is 330. The molecule has 0 fully saturated rings. The second-order valence-electron chi connectivity index (χ2n) is 6.43. The van der Waals surface area contributed by atoms with Gasteiger partial charge < -0.3 is 5.11 Å². The summed E-state index contributed by atoms with van der Waals surface area (Å²) in [6, 6.07) is 8.64. The van der Waals surface area contributed by atoms with Crippen LogP contribution in [0.4, 0.5) is 0 Å². The highest BCUT2D eigenvalue weighted by Crippen LogP contribution is 2.22. The SMILES string of the molecule is CC(C)C[C@@H](O)Cc1ccc(C(C)(C)C)cc1. The Morgan fingerprint density at radius 3 is 2.00 bits per heavy atom. The summed E-state index contributed by atoms with van der Waals surface area (Å²) in [7, 11) is 0. The maximum Gasteiger partial charge on any atom is 0.0583 e. The van der Waals surface area contributed by atoms with Gasteiger partial charge in [-0.3, -0.25) is 0 Å². The molecule has 0 heterocycles. The Hall–Kier alpha value is -0.820. The minimum Gasteiger partial charge on any atom is -0.393 e. The number of hydrogen-bond acceptors (Lipinski definition) is 1. The summed E-state index contributed by atoms with van der Waals surface area (Å²) in [4.78, 5) is 0. The van der Waals surface area contributed by atoms with Crippen molar-refractivity contribution in [2.75, 3.05) is 0 Å². The first-order valence-corrected chi connectivity index (χ1v) is 6.56. The first kappa shape index (κ1) is 14.2. The van der Waals surface area contributed by atoms with Crippen molar-refractivity contribution in [3.8, 4) is 0 Å². The van der Waals surface area contributed by atoms with Gasteiger partial charge in [0.2, 0.25) is 0 Å². The van der Waals surface area contributed by atoms with Crippen LogP contribution < -0.4 is 0 Å². The third kappa shape index (κ3) is 4.91. The van der Waals surface area contributed by atoms with E-state index in [2.05, 4.69) is 58.9 Å². The van der Waals surface area contributed by atoms with Crippen LogP contribution in [0.1, 0.15) is 52.2 Å². The number of aliphatic hydroxyl groups excluding tert-OH is 1. The molecule has 0 unspecified atom stereocenters. The van der Waals surface area contributed by atoms with E-state index in [1.165, 1.54) is 11.1 Å².